The molecule has 1 unspecified atom stereocenters. The first-order chi connectivity index (χ1) is 6.83. The van der Waals surface area contributed by atoms with E-state index in [1.54, 1.807) is 6.08 Å². The maximum Gasteiger partial charge on any atom is 0.220 e. The van der Waals surface area contributed by atoms with Crippen molar-refractivity contribution < 1.29 is 4.79 Å². The topological polar surface area (TPSA) is 41.1 Å². The Morgan fingerprint density at radius 2 is 2.43 bits per heavy atom. The molecule has 0 aromatic heterocycles. The number of nitrogens with one attached hydrogen (secondary N) is 2. The monoisotopic (exact) mass is 196 g/mol. The van der Waals surface area contributed by atoms with Crippen LogP contribution in [0, 0.1) is 0 Å². The molecular weight excluding hydrogens is 176 g/mol. The summed E-state index contributed by atoms with van der Waals surface area (Å²) in [5, 5.41) is 6.33. The molecule has 1 atom stereocenters. The molecule has 1 saturated heterocycles. The molecule has 1 heterocycles. The highest BCUT2D eigenvalue weighted by molar-refractivity contribution is 5.75. The van der Waals surface area contributed by atoms with Gasteiger partial charge < -0.3 is 10.6 Å². The number of amides is 1. The molecule has 0 aliphatic carbocycles. The van der Waals surface area contributed by atoms with Gasteiger partial charge in [-0.05, 0) is 25.8 Å². The fourth-order valence-corrected chi connectivity index (χ4v) is 1.66. The third kappa shape index (κ3) is 4.42. The van der Waals surface area contributed by atoms with Gasteiger partial charge in [-0.1, -0.05) is 12.5 Å². The van der Waals surface area contributed by atoms with Gasteiger partial charge in [-0.3, -0.25) is 4.79 Å². The summed E-state index contributed by atoms with van der Waals surface area (Å²) in [4.78, 5) is 11.3. The van der Waals surface area contributed by atoms with Crippen molar-refractivity contribution in [1.29, 1.82) is 0 Å². The summed E-state index contributed by atoms with van der Waals surface area (Å²) in [6.45, 7) is 5.45. The zero-order valence-corrected chi connectivity index (χ0v) is 8.72. The Kier molecular flexibility index (Phi) is 5.30. The van der Waals surface area contributed by atoms with Crippen LogP contribution in [0.25, 0.3) is 0 Å². The van der Waals surface area contributed by atoms with Gasteiger partial charge >= 0.3 is 0 Å². The molecule has 0 saturated carbocycles. The fraction of sp³-hybridized carbons (Fsp3) is 0.727. The van der Waals surface area contributed by atoms with E-state index in [2.05, 4.69) is 17.2 Å². The molecule has 80 valence electrons. The van der Waals surface area contributed by atoms with E-state index in [0.717, 1.165) is 19.5 Å². The second-order valence-electron chi connectivity index (χ2n) is 3.78. The highest BCUT2D eigenvalue weighted by atomic mass is 16.1. The third-order valence-corrected chi connectivity index (χ3v) is 2.53. The molecule has 3 heteroatoms. The summed E-state index contributed by atoms with van der Waals surface area (Å²) in [5.41, 5.74) is 0. The van der Waals surface area contributed by atoms with Gasteiger partial charge in [-0.25, -0.2) is 0 Å². The Morgan fingerprint density at radius 1 is 1.57 bits per heavy atom. The lowest BCUT2D eigenvalue weighted by atomic mass is 10.1. The van der Waals surface area contributed by atoms with Gasteiger partial charge in [0.25, 0.3) is 0 Å². The van der Waals surface area contributed by atoms with E-state index in [-0.39, 0.29) is 5.91 Å². The molecular formula is C11H20N2O. The van der Waals surface area contributed by atoms with Crippen molar-refractivity contribution in [2.24, 2.45) is 0 Å². The van der Waals surface area contributed by atoms with E-state index in [1.807, 2.05) is 0 Å². The van der Waals surface area contributed by atoms with Crippen LogP contribution in [0.4, 0.5) is 0 Å². The number of allylic oxidation sites excluding steroid dienone is 1. The van der Waals surface area contributed by atoms with Crippen molar-refractivity contribution in [2.75, 3.05) is 13.1 Å². The van der Waals surface area contributed by atoms with Crippen molar-refractivity contribution in [2.45, 2.75) is 38.1 Å². The van der Waals surface area contributed by atoms with Gasteiger partial charge in [-0.15, -0.1) is 6.58 Å². The van der Waals surface area contributed by atoms with Crippen LogP contribution < -0.4 is 10.6 Å². The number of rotatable bonds is 5. The number of piperidine rings is 1. The highest BCUT2D eigenvalue weighted by Gasteiger charge is 2.12. The normalized spacial score (nSPS) is 21.6. The summed E-state index contributed by atoms with van der Waals surface area (Å²) < 4.78 is 0. The Hall–Kier alpha value is -0.830. The molecule has 1 aliphatic heterocycles. The zero-order chi connectivity index (χ0) is 10.2. The minimum absolute atomic E-state index is 0.136. The van der Waals surface area contributed by atoms with E-state index in [9.17, 15) is 4.79 Å². The molecule has 3 nitrogen and oxygen atoms in total. The third-order valence-electron chi connectivity index (χ3n) is 2.53. The molecule has 1 fully saturated rings. The Labute approximate surface area is 86.0 Å². The summed E-state index contributed by atoms with van der Waals surface area (Å²) in [6, 6.07) is 0.483. The van der Waals surface area contributed by atoms with E-state index in [4.69, 9.17) is 0 Å². The lowest BCUT2D eigenvalue weighted by Gasteiger charge is -2.23. The van der Waals surface area contributed by atoms with Crippen LogP contribution in [0.2, 0.25) is 0 Å². The first kappa shape index (κ1) is 11.2. The molecule has 0 spiro atoms. The van der Waals surface area contributed by atoms with Crippen LogP contribution in [-0.4, -0.2) is 25.0 Å². The number of carbonyl (C=O) groups excluding carboxylic acids is 1. The van der Waals surface area contributed by atoms with Gasteiger partial charge in [0.2, 0.25) is 5.91 Å². The Bertz CT molecular complexity index is 186. The van der Waals surface area contributed by atoms with Crippen LogP contribution in [0.15, 0.2) is 12.7 Å². The molecule has 0 bridgehead atoms. The Balaban J connectivity index is 2.06. The molecule has 0 radical (unpaired) electrons. The fourth-order valence-electron chi connectivity index (χ4n) is 1.66. The molecule has 14 heavy (non-hydrogen) atoms. The maximum absolute atomic E-state index is 11.3. The molecule has 2 N–H and O–H groups in total. The SMILES string of the molecule is C=CCCC(=O)NCC1CCCCN1. The minimum atomic E-state index is 0.136. The van der Waals surface area contributed by atoms with Crippen molar-refractivity contribution in [3.05, 3.63) is 12.7 Å². The van der Waals surface area contributed by atoms with Crippen molar-refractivity contribution in [3.63, 3.8) is 0 Å². The van der Waals surface area contributed by atoms with E-state index < -0.39 is 0 Å². The zero-order valence-electron chi connectivity index (χ0n) is 8.72. The van der Waals surface area contributed by atoms with Gasteiger partial charge in [0.15, 0.2) is 0 Å². The summed E-state index contributed by atoms with van der Waals surface area (Å²) in [6.07, 6.45) is 6.83. The minimum Gasteiger partial charge on any atom is -0.355 e. The maximum atomic E-state index is 11.3. The highest BCUT2D eigenvalue weighted by Crippen LogP contribution is 2.05. The second-order valence-corrected chi connectivity index (χ2v) is 3.78. The molecule has 0 aromatic rings. The van der Waals surface area contributed by atoms with Crippen LogP contribution in [0.1, 0.15) is 32.1 Å². The second kappa shape index (κ2) is 6.60. The first-order valence-corrected chi connectivity index (χ1v) is 5.44. The van der Waals surface area contributed by atoms with Crippen molar-refractivity contribution in [3.8, 4) is 0 Å². The molecule has 0 aromatic carbocycles. The number of hydrogen-bond acceptors (Lipinski definition) is 2. The van der Waals surface area contributed by atoms with Crippen LogP contribution in [0.3, 0.4) is 0 Å². The number of carbonyl (C=O) groups is 1. The van der Waals surface area contributed by atoms with E-state index in [0.29, 0.717) is 12.5 Å². The van der Waals surface area contributed by atoms with Gasteiger partial charge in [-0.2, -0.15) is 0 Å². The average Bonchev–Trinajstić information content (AvgIpc) is 2.25. The summed E-state index contributed by atoms with van der Waals surface area (Å²) in [5.74, 6) is 0.136. The van der Waals surface area contributed by atoms with Crippen molar-refractivity contribution in [1.82, 2.24) is 10.6 Å². The average molecular weight is 196 g/mol. The van der Waals surface area contributed by atoms with Crippen LogP contribution >= 0.6 is 0 Å². The molecule has 1 aliphatic rings. The molecule has 1 amide bonds. The van der Waals surface area contributed by atoms with Crippen molar-refractivity contribution >= 4 is 5.91 Å². The first-order valence-electron chi connectivity index (χ1n) is 5.44. The molecule has 1 rings (SSSR count). The van der Waals surface area contributed by atoms with E-state index >= 15 is 0 Å². The Morgan fingerprint density at radius 3 is 3.07 bits per heavy atom. The predicted octanol–water partition coefficient (Wildman–Crippen LogP) is 1.21. The van der Waals surface area contributed by atoms with Gasteiger partial charge in [0, 0.05) is 19.0 Å². The predicted molar refractivity (Wildman–Crippen MR) is 58.1 cm³/mol. The summed E-state index contributed by atoms with van der Waals surface area (Å²) in [7, 11) is 0. The van der Waals surface area contributed by atoms with Gasteiger partial charge in [0.05, 0.1) is 0 Å². The number of hydrogen-bond donors (Lipinski definition) is 2. The van der Waals surface area contributed by atoms with E-state index in [1.165, 1.54) is 19.3 Å². The smallest absolute Gasteiger partial charge is 0.220 e. The lowest BCUT2D eigenvalue weighted by Crippen LogP contribution is -2.43. The van der Waals surface area contributed by atoms with Crippen LogP contribution in [0.5, 0.6) is 0 Å². The summed E-state index contributed by atoms with van der Waals surface area (Å²) >= 11 is 0. The lowest BCUT2D eigenvalue weighted by molar-refractivity contribution is -0.121. The van der Waals surface area contributed by atoms with Gasteiger partial charge in [0.1, 0.15) is 0 Å². The largest absolute Gasteiger partial charge is 0.355 e. The standard InChI is InChI=1S/C11H20N2O/c1-2-3-7-11(14)13-9-10-6-4-5-8-12-10/h2,10,12H,1,3-9H2,(H,13,14). The quantitative estimate of drug-likeness (QED) is 0.649. The van der Waals surface area contributed by atoms with Crippen LogP contribution in [-0.2, 0) is 4.79 Å².